The number of hydrogen-bond donors (Lipinski definition) is 0. The Morgan fingerprint density at radius 1 is 1.06 bits per heavy atom. The average molecular weight is 461 g/mol. The van der Waals surface area contributed by atoms with Crippen molar-refractivity contribution in [3.8, 4) is 22.9 Å². The number of tetrazole rings is 1. The van der Waals surface area contributed by atoms with E-state index in [1.165, 1.54) is 5.56 Å². The van der Waals surface area contributed by atoms with Gasteiger partial charge in [0, 0.05) is 29.2 Å². The van der Waals surface area contributed by atoms with E-state index in [1.807, 2.05) is 6.92 Å². The van der Waals surface area contributed by atoms with Crippen LogP contribution in [-0.2, 0) is 6.54 Å². The van der Waals surface area contributed by atoms with Crippen molar-refractivity contribution in [3.63, 3.8) is 0 Å². The van der Waals surface area contributed by atoms with Crippen LogP contribution < -0.4 is 9.47 Å². The summed E-state index contributed by atoms with van der Waals surface area (Å²) in [5.41, 5.74) is 5.45. The zero-order valence-corrected chi connectivity index (χ0v) is 20.4. The molecule has 8 nitrogen and oxygen atoms in total. The lowest BCUT2D eigenvalue weighted by Crippen LogP contribution is -2.41. The van der Waals surface area contributed by atoms with Gasteiger partial charge in [0.25, 0.3) is 0 Å². The van der Waals surface area contributed by atoms with Crippen LogP contribution in [0.25, 0.3) is 11.4 Å². The van der Waals surface area contributed by atoms with Crippen LogP contribution >= 0.6 is 0 Å². The van der Waals surface area contributed by atoms with Crippen LogP contribution in [0.5, 0.6) is 11.5 Å². The zero-order valence-electron chi connectivity index (χ0n) is 20.4. The van der Waals surface area contributed by atoms with E-state index in [9.17, 15) is 0 Å². The summed E-state index contributed by atoms with van der Waals surface area (Å²) in [4.78, 5) is 9.32. The number of methoxy groups -OCH3 is 1. The van der Waals surface area contributed by atoms with Gasteiger partial charge in [0.15, 0.2) is 11.5 Å². The van der Waals surface area contributed by atoms with E-state index >= 15 is 0 Å². The topological polar surface area (TPSA) is 77.7 Å². The number of rotatable bonds is 7. The molecule has 0 N–H and O–H groups in total. The van der Waals surface area contributed by atoms with Gasteiger partial charge in [-0.05, 0) is 56.3 Å². The molecular formula is C26H32N6O2. The highest BCUT2D eigenvalue weighted by Crippen LogP contribution is 2.42. The Morgan fingerprint density at radius 2 is 1.85 bits per heavy atom. The molecule has 3 heterocycles. The molecule has 1 fully saturated rings. The molecule has 2 aliphatic heterocycles. The van der Waals surface area contributed by atoms with Crippen LogP contribution in [-0.4, -0.2) is 70.7 Å². The summed E-state index contributed by atoms with van der Waals surface area (Å²) in [5, 5.41) is 12.8. The highest BCUT2D eigenvalue weighted by molar-refractivity contribution is 6.15. The fourth-order valence-corrected chi connectivity index (χ4v) is 4.97. The summed E-state index contributed by atoms with van der Waals surface area (Å²) in [5.74, 6) is 2.53. The first-order chi connectivity index (χ1) is 16.6. The number of aryl methyl sites for hydroxylation is 1. The fraction of sp³-hybridized carbons (Fsp3) is 0.462. The summed E-state index contributed by atoms with van der Waals surface area (Å²) < 4.78 is 11.6. The van der Waals surface area contributed by atoms with Crippen molar-refractivity contribution in [2.75, 3.05) is 33.9 Å². The van der Waals surface area contributed by atoms with E-state index in [0.717, 1.165) is 66.4 Å². The van der Waals surface area contributed by atoms with Gasteiger partial charge in [0.2, 0.25) is 5.82 Å². The molecular weight excluding hydrogens is 428 g/mol. The lowest BCUT2D eigenvalue weighted by molar-refractivity contribution is 0.226. The molecule has 34 heavy (non-hydrogen) atoms. The van der Waals surface area contributed by atoms with Crippen molar-refractivity contribution in [2.45, 2.75) is 45.2 Å². The average Bonchev–Trinajstić information content (AvgIpc) is 3.32. The second-order valence-corrected chi connectivity index (χ2v) is 9.01. The van der Waals surface area contributed by atoms with Crippen LogP contribution in [0.3, 0.4) is 0 Å². The predicted octanol–water partition coefficient (Wildman–Crippen LogP) is 3.80. The Kier molecular flexibility index (Phi) is 6.32. The Balaban J connectivity index is 1.54. The molecule has 178 valence electrons. The first kappa shape index (κ1) is 22.5. The van der Waals surface area contributed by atoms with E-state index in [0.29, 0.717) is 18.3 Å². The molecule has 2 atom stereocenters. The number of fused-ring (bicyclic) bond motifs is 3. The van der Waals surface area contributed by atoms with Gasteiger partial charge in [0.1, 0.15) is 0 Å². The monoisotopic (exact) mass is 460 g/mol. The Bertz CT molecular complexity index is 1190. The lowest BCUT2D eigenvalue weighted by atomic mass is 9.79. The third-order valence-electron chi connectivity index (χ3n) is 6.66. The largest absolute Gasteiger partial charge is 0.493 e. The first-order valence-corrected chi connectivity index (χ1v) is 12.1. The number of ether oxygens (including phenoxy) is 2. The summed E-state index contributed by atoms with van der Waals surface area (Å²) in [6.07, 6.45) is 2.02. The van der Waals surface area contributed by atoms with Gasteiger partial charge in [-0.15, -0.1) is 10.2 Å². The van der Waals surface area contributed by atoms with Crippen LogP contribution in [0.2, 0.25) is 0 Å². The summed E-state index contributed by atoms with van der Waals surface area (Å²) in [7, 11) is 3.88. The Morgan fingerprint density at radius 3 is 2.59 bits per heavy atom. The summed E-state index contributed by atoms with van der Waals surface area (Å²) in [6, 6.07) is 12.8. The molecule has 5 rings (SSSR count). The summed E-state index contributed by atoms with van der Waals surface area (Å²) >= 11 is 0. The maximum Gasteiger partial charge on any atom is 0.204 e. The molecule has 3 aromatic rings. The minimum absolute atomic E-state index is 0.261. The number of benzene rings is 2. The van der Waals surface area contributed by atoms with Gasteiger partial charge in [-0.25, -0.2) is 0 Å². The number of piperidine rings is 1. The highest BCUT2D eigenvalue weighted by atomic mass is 16.5. The zero-order chi connectivity index (χ0) is 23.7. The minimum atomic E-state index is 0.261. The van der Waals surface area contributed by atoms with E-state index in [-0.39, 0.29) is 6.04 Å². The Labute approximate surface area is 200 Å². The van der Waals surface area contributed by atoms with E-state index < -0.39 is 0 Å². The van der Waals surface area contributed by atoms with Crippen molar-refractivity contribution in [3.05, 3.63) is 53.1 Å². The third-order valence-corrected chi connectivity index (χ3v) is 6.66. The molecule has 0 aliphatic carbocycles. The molecule has 2 aromatic carbocycles. The van der Waals surface area contributed by atoms with Crippen LogP contribution in [0.1, 0.15) is 49.3 Å². The van der Waals surface area contributed by atoms with Crippen molar-refractivity contribution in [1.82, 2.24) is 25.1 Å². The number of aliphatic imine (C=N–C) groups is 1. The number of likely N-dealkylation sites (tertiary alicyclic amines) is 1. The van der Waals surface area contributed by atoms with Gasteiger partial charge >= 0.3 is 0 Å². The normalized spacial score (nSPS) is 19.8. The van der Waals surface area contributed by atoms with Crippen molar-refractivity contribution in [1.29, 1.82) is 0 Å². The van der Waals surface area contributed by atoms with Gasteiger partial charge in [-0.2, -0.15) is 4.80 Å². The number of nitrogens with zero attached hydrogens (tertiary/aromatic N) is 6. The van der Waals surface area contributed by atoms with Gasteiger partial charge in [0.05, 0.1) is 32.0 Å². The maximum atomic E-state index is 5.93. The Hall–Kier alpha value is -3.26. The van der Waals surface area contributed by atoms with Crippen LogP contribution in [0, 0.1) is 0 Å². The standard InChI is InChI=1S/C26H32N6O2/c1-5-12-32-29-26(28-30-32)18-9-7-17(8-10-18)25-20-15-23(33-4)24(34-6-2)14-19(20)21-16-31(3)13-11-22(21)27-25/h7-10,14-15,21-22H,5-6,11-13,16H2,1-4H3/t21-,22-/m1/s1. The van der Waals surface area contributed by atoms with Gasteiger partial charge in [-0.3, -0.25) is 4.99 Å². The van der Waals surface area contributed by atoms with Crippen molar-refractivity contribution >= 4 is 5.71 Å². The third kappa shape index (κ3) is 4.18. The lowest BCUT2D eigenvalue weighted by Gasteiger charge is -2.39. The van der Waals surface area contributed by atoms with Gasteiger partial charge < -0.3 is 14.4 Å². The second-order valence-electron chi connectivity index (χ2n) is 9.01. The number of likely N-dealkylation sites (N-methyl/N-ethyl adjacent to an activating group) is 1. The highest BCUT2D eigenvalue weighted by Gasteiger charge is 2.36. The predicted molar refractivity (Wildman–Crippen MR) is 132 cm³/mol. The molecule has 0 amide bonds. The van der Waals surface area contributed by atoms with Crippen LogP contribution in [0.15, 0.2) is 41.4 Å². The smallest absolute Gasteiger partial charge is 0.204 e. The van der Waals surface area contributed by atoms with Crippen molar-refractivity contribution < 1.29 is 9.47 Å². The molecule has 0 saturated carbocycles. The molecule has 2 aliphatic rings. The van der Waals surface area contributed by atoms with Crippen LogP contribution in [0.4, 0.5) is 0 Å². The van der Waals surface area contributed by atoms with E-state index in [4.69, 9.17) is 14.5 Å². The van der Waals surface area contributed by atoms with E-state index in [1.54, 1.807) is 11.9 Å². The molecule has 0 radical (unpaired) electrons. The molecule has 1 saturated heterocycles. The minimum Gasteiger partial charge on any atom is -0.493 e. The summed E-state index contributed by atoms with van der Waals surface area (Å²) in [6.45, 7) is 7.51. The first-order valence-electron chi connectivity index (χ1n) is 12.1. The second kappa shape index (κ2) is 9.54. The van der Waals surface area contributed by atoms with Gasteiger partial charge in [-0.1, -0.05) is 31.2 Å². The number of aromatic nitrogens is 4. The molecule has 0 spiro atoms. The molecule has 0 bridgehead atoms. The molecule has 8 heteroatoms. The molecule has 1 aromatic heterocycles. The van der Waals surface area contributed by atoms with Crippen molar-refractivity contribution in [2.24, 2.45) is 4.99 Å². The fourth-order valence-electron chi connectivity index (χ4n) is 4.97. The quantitative estimate of drug-likeness (QED) is 0.534. The number of hydrogen-bond acceptors (Lipinski definition) is 7. The van der Waals surface area contributed by atoms with E-state index in [2.05, 4.69) is 70.7 Å². The molecule has 0 unspecified atom stereocenters. The maximum absolute atomic E-state index is 5.93. The SMILES string of the molecule is CCCn1nnc(-c2ccc(C3=N[C@@H]4CCN(C)C[C@@H]4c4cc(OCC)c(OC)cc43)cc2)n1.